The Balaban J connectivity index is 1.70. The van der Waals surface area contributed by atoms with Gasteiger partial charge in [0, 0.05) is 28.4 Å². The number of rotatable bonds is 5. The van der Waals surface area contributed by atoms with Crippen molar-refractivity contribution < 1.29 is 23.9 Å². The van der Waals surface area contributed by atoms with Gasteiger partial charge in [-0.2, -0.15) is 0 Å². The number of ketones is 1. The fourth-order valence-corrected chi connectivity index (χ4v) is 4.46. The number of carbonyl (C=O) groups is 2. The lowest BCUT2D eigenvalue weighted by atomic mass is 9.74. The quantitative estimate of drug-likeness (QED) is 0.602. The third-order valence-corrected chi connectivity index (χ3v) is 6.16. The molecule has 0 aliphatic carbocycles. The highest BCUT2D eigenvalue weighted by molar-refractivity contribution is 6.25. The van der Waals surface area contributed by atoms with Crippen molar-refractivity contribution in [1.82, 2.24) is 0 Å². The highest BCUT2D eigenvalue weighted by Crippen LogP contribution is 2.50. The highest BCUT2D eigenvalue weighted by atomic mass is 16.7. The van der Waals surface area contributed by atoms with E-state index in [1.54, 1.807) is 49.6 Å². The van der Waals surface area contributed by atoms with E-state index in [-0.39, 0.29) is 5.78 Å². The van der Waals surface area contributed by atoms with Gasteiger partial charge in [0.05, 0.1) is 14.2 Å². The van der Waals surface area contributed by atoms with Gasteiger partial charge in [0.25, 0.3) is 11.5 Å². The standard InChI is InChI=1S/C26H22N2O5/c1-15-8-10-16(11-9-15)24(29)22-23(18-13-12-17(31-2)14-21(18)32-3)28-33-26(22)19-6-4-5-7-20(19)27-25(26)30/h4-14,22H,1-3H3,(H,27,30)/t22-,26+/m1/s1. The van der Waals surface area contributed by atoms with Crippen LogP contribution < -0.4 is 14.8 Å². The number of amides is 1. The maximum atomic E-state index is 14.0. The van der Waals surface area contributed by atoms with Crippen molar-refractivity contribution in [3.63, 3.8) is 0 Å². The molecule has 2 aliphatic rings. The predicted octanol–water partition coefficient (Wildman–Crippen LogP) is 4.09. The van der Waals surface area contributed by atoms with Crippen LogP contribution in [0.1, 0.15) is 27.0 Å². The number of nitrogens with one attached hydrogen (secondary N) is 1. The van der Waals surface area contributed by atoms with Crippen molar-refractivity contribution in [3.05, 3.63) is 89.0 Å². The lowest BCUT2D eigenvalue weighted by Gasteiger charge is -2.27. The number of para-hydroxylation sites is 1. The number of fused-ring (bicyclic) bond motifs is 2. The molecule has 1 spiro atoms. The van der Waals surface area contributed by atoms with Crippen LogP contribution in [0.15, 0.2) is 71.9 Å². The third kappa shape index (κ3) is 3.08. The summed E-state index contributed by atoms with van der Waals surface area (Å²) in [6, 6.07) is 19.6. The molecule has 0 saturated carbocycles. The van der Waals surface area contributed by atoms with Gasteiger partial charge in [0.15, 0.2) is 5.78 Å². The SMILES string of the molecule is COc1ccc(C2=NO[C@]3(C(=O)Nc4ccccc43)[C@H]2C(=O)c2ccc(C)cc2)c(OC)c1. The van der Waals surface area contributed by atoms with Gasteiger partial charge in [-0.05, 0) is 25.1 Å². The van der Waals surface area contributed by atoms with Gasteiger partial charge < -0.3 is 19.6 Å². The summed E-state index contributed by atoms with van der Waals surface area (Å²) in [5, 5.41) is 7.17. The molecule has 2 aliphatic heterocycles. The molecule has 3 aromatic rings. The van der Waals surface area contributed by atoms with Crippen molar-refractivity contribution in [1.29, 1.82) is 0 Å². The van der Waals surface area contributed by atoms with Crippen molar-refractivity contribution in [3.8, 4) is 11.5 Å². The molecule has 2 atom stereocenters. The molecule has 33 heavy (non-hydrogen) atoms. The maximum Gasteiger partial charge on any atom is 0.277 e. The van der Waals surface area contributed by atoms with Crippen LogP contribution in [0.3, 0.4) is 0 Å². The smallest absolute Gasteiger partial charge is 0.277 e. The Morgan fingerprint density at radius 1 is 1.03 bits per heavy atom. The lowest BCUT2D eigenvalue weighted by Crippen LogP contribution is -2.46. The predicted molar refractivity (Wildman–Crippen MR) is 123 cm³/mol. The normalized spacial score (nSPS) is 20.6. The Labute approximate surface area is 191 Å². The Bertz CT molecular complexity index is 1300. The molecular formula is C26H22N2O5. The first-order valence-electron chi connectivity index (χ1n) is 10.5. The first kappa shape index (κ1) is 20.8. The average molecular weight is 442 g/mol. The summed E-state index contributed by atoms with van der Waals surface area (Å²) in [6.45, 7) is 1.95. The topological polar surface area (TPSA) is 86.2 Å². The highest BCUT2D eigenvalue weighted by Gasteiger charge is 2.63. The van der Waals surface area contributed by atoms with Crippen LogP contribution >= 0.6 is 0 Å². The second-order valence-corrected chi connectivity index (χ2v) is 8.03. The summed E-state index contributed by atoms with van der Waals surface area (Å²) >= 11 is 0. The number of carbonyl (C=O) groups excluding carboxylic acids is 2. The van der Waals surface area contributed by atoms with E-state index in [2.05, 4.69) is 10.5 Å². The van der Waals surface area contributed by atoms with Gasteiger partial charge in [-0.25, -0.2) is 0 Å². The van der Waals surface area contributed by atoms with Crippen molar-refractivity contribution in [2.24, 2.45) is 11.1 Å². The number of ether oxygens (including phenoxy) is 2. The van der Waals surface area contributed by atoms with Crippen LogP contribution in [0.5, 0.6) is 11.5 Å². The summed E-state index contributed by atoms with van der Waals surface area (Å²) in [5.74, 6) is -0.667. The number of Topliss-reactive ketones (excluding diaryl/α,β-unsaturated/α-hetero) is 1. The van der Waals surface area contributed by atoms with Crippen molar-refractivity contribution in [2.75, 3.05) is 19.5 Å². The molecule has 0 bridgehead atoms. The number of nitrogens with zero attached hydrogens (tertiary/aromatic N) is 1. The van der Waals surface area contributed by atoms with E-state index in [9.17, 15) is 9.59 Å². The van der Waals surface area contributed by atoms with Gasteiger partial charge in [-0.15, -0.1) is 0 Å². The summed E-state index contributed by atoms with van der Waals surface area (Å²) in [6.07, 6.45) is 0. The van der Waals surface area contributed by atoms with E-state index in [1.807, 2.05) is 31.2 Å². The number of benzene rings is 3. The van der Waals surface area contributed by atoms with E-state index in [1.165, 1.54) is 7.11 Å². The molecule has 0 radical (unpaired) electrons. The summed E-state index contributed by atoms with van der Waals surface area (Å²) in [7, 11) is 3.09. The van der Waals surface area contributed by atoms with Gasteiger partial charge >= 0.3 is 0 Å². The number of hydrogen-bond donors (Lipinski definition) is 1. The molecule has 1 amide bonds. The first-order chi connectivity index (χ1) is 16.0. The molecule has 7 nitrogen and oxygen atoms in total. The fraction of sp³-hybridized carbons (Fsp3) is 0.192. The number of anilines is 1. The lowest BCUT2D eigenvalue weighted by molar-refractivity contribution is -0.140. The second-order valence-electron chi connectivity index (χ2n) is 8.03. The molecular weight excluding hydrogens is 420 g/mol. The van der Waals surface area contributed by atoms with Gasteiger partial charge in [-0.1, -0.05) is 53.2 Å². The summed E-state index contributed by atoms with van der Waals surface area (Å²) in [5.41, 5.74) is 1.93. The Morgan fingerprint density at radius 3 is 2.52 bits per heavy atom. The fourth-order valence-electron chi connectivity index (χ4n) is 4.46. The minimum absolute atomic E-state index is 0.268. The minimum Gasteiger partial charge on any atom is -0.497 e. The summed E-state index contributed by atoms with van der Waals surface area (Å²) in [4.78, 5) is 33.3. The number of oxime groups is 1. The Hall–Kier alpha value is -4.13. The van der Waals surface area contributed by atoms with Gasteiger partial charge in [-0.3, -0.25) is 9.59 Å². The number of methoxy groups -OCH3 is 2. The first-order valence-corrected chi connectivity index (χ1v) is 10.5. The maximum absolute atomic E-state index is 14.0. The van der Waals surface area contributed by atoms with Gasteiger partial charge in [0.2, 0.25) is 0 Å². The Morgan fingerprint density at radius 2 is 1.79 bits per heavy atom. The van der Waals surface area contributed by atoms with Crippen LogP contribution in [0.4, 0.5) is 5.69 Å². The zero-order valence-corrected chi connectivity index (χ0v) is 18.4. The molecule has 7 heteroatoms. The second kappa shape index (κ2) is 7.78. The van der Waals surface area contributed by atoms with E-state index in [0.29, 0.717) is 39.6 Å². The molecule has 166 valence electrons. The Kier molecular flexibility index (Phi) is 4.89. The van der Waals surface area contributed by atoms with E-state index >= 15 is 0 Å². The third-order valence-electron chi connectivity index (χ3n) is 6.16. The molecule has 0 unspecified atom stereocenters. The zero-order valence-electron chi connectivity index (χ0n) is 18.4. The van der Waals surface area contributed by atoms with Crippen molar-refractivity contribution in [2.45, 2.75) is 12.5 Å². The number of aryl methyl sites for hydroxylation is 1. The largest absolute Gasteiger partial charge is 0.497 e. The molecule has 5 rings (SSSR count). The van der Waals surface area contributed by atoms with E-state index < -0.39 is 17.4 Å². The molecule has 1 N–H and O–H groups in total. The van der Waals surface area contributed by atoms with Gasteiger partial charge in [0.1, 0.15) is 23.1 Å². The molecule has 0 saturated heterocycles. The molecule has 0 aromatic heterocycles. The van der Waals surface area contributed by atoms with Crippen LogP contribution in [0.2, 0.25) is 0 Å². The van der Waals surface area contributed by atoms with Crippen LogP contribution in [0.25, 0.3) is 0 Å². The average Bonchev–Trinajstić information content (AvgIpc) is 3.37. The van der Waals surface area contributed by atoms with Crippen LogP contribution in [0, 0.1) is 12.8 Å². The van der Waals surface area contributed by atoms with Crippen LogP contribution in [-0.2, 0) is 15.2 Å². The van der Waals surface area contributed by atoms with Crippen molar-refractivity contribution >= 4 is 23.1 Å². The molecule has 0 fully saturated rings. The van der Waals surface area contributed by atoms with Crippen LogP contribution in [-0.4, -0.2) is 31.6 Å². The molecule has 2 heterocycles. The summed E-state index contributed by atoms with van der Waals surface area (Å²) < 4.78 is 10.9. The number of hydrogen-bond acceptors (Lipinski definition) is 6. The zero-order chi connectivity index (χ0) is 23.2. The van der Waals surface area contributed by atoms with E-state index in [4.69, 9.17) is 14.3 Å². The van der Waals surface area contributed by atoms with E-state index in [0.717, 1.165) is 5.56 Å². The molecule has 3 aromatic carbocycles. The monoisotopic (exact) mass is 442 g/mol. The minimum atomic E-state index is -1.61.